The van der Waals surface area contributed by atoms with Crippen molar-refractivity contribution in [3.8, 4) is 30.6 Å². The second-order valence-electron chi connectivity index (χ2n) is 30.2. The van der Waals surface area contributed by atoms with Crippen LogP contribution in [0.4, 0.5) is 8.78 Å². The highest BCUT2D eigenvalue weighted by atomic mass is 32.1. The zero-order valence-electron chi connectivity index (χ0n) is 62.2. The standard InChI is InChI=1S/C87H95F2N5O6S4/c1-12-14-27-47(3)31-33-55-61-44-52(8)101-82(61)56(34-32-48(4)28-15-13-2)62-46-67(104-83(55)62)81-51(7)43-65(103-81)75-77(88)78(89)76(80-79(75)90-93(11)91-80)66-45-54(53(9)102-66)29-23-19-16-17-22-26-40-100-68(95)30-24-20-18-21-25-39-94-86(98)60-38-36-58-69-49(5)41-63-71-59(84(96)92(10)85(63)97)37-35-57(73(69)71)70-50(6)42-64(87(94)99)72(60)74(58)70/h35-38,41-48H,12-34,39-40H2,1-11H3. The van der Waals surface area contributed by atoms with E-state index in [0.717, 1.165) is 154 Å². The minimum absolute atomic E-state index is 0.167. The first kappa shape index (κ1) is 73.1. The molecule has 12 aromatic rings. The highest BCUT2D eigenvalue weighted by Gasteiger charge is 2.38. The van der Waals surface area contributed by atoms with Crippen LogP contribution in [0.1, 0.15) is 241 Å². The van der Waals surface area contributed by atoms with Crippen LogP contribution in [0.25, 0.3) is 105 Å². The molecule has 2 aliphatic heterocycles. The number of carbonyl (C=O) groups is 5. The number of imide groups is 2. The quantitative estimate of drug-likeness (QED) is 0.0134. The zero-order chi connectivity index (χ0) is 73.1. The maximum absolute atomic E-state index is 17.2. The molecule has 7 aromatic carbocycles. The Morgan fingerprint density at radius 3 is 1.62 bits per heavy atom. The van der Waals surface area contributed by atoms with Gasteiger partial charge in [-0.05, 0) is 229 Å². The molecule has 0 saturated carbocycles. The zero-order valence-corrected chi connectivity index (χ0v) is 65.4. The lowest BCUT2D eigenvalue weighted by atomic mass is 9.79. The number of thiophene rings is 4. The molecule has 11 nitrogen and oxygen atoms in total. The second kappa shape index (κ2) is 30.6. The first-order valence-electron chi connectivity index (χ1n) is 38.1. The summed E-state index contributed by atoms with van der Waals surface area (Å²) in [5, 5.41) is 18.9. The summed E-state index contributed by atoms with van der Waals surface area (Å²) >= 11 is 6.84. The number of hydrogen-bond acceptors (Lipinski definition) is 12. The highest BCUT2D eigenvalue weighted by molar-refractivity contribution is 7.27. The number of ether oxygens (including phenoxy) is 1. The Labute approximate surface area is 624 Å². The van der Waals surface area contributed by atoms with Crippen LogP contribution in [0.5, 0.6) is 0 Å². The van der Waals surface area contributed by atoms with Gasteiger partial charge in [0.25, 0.3) is 23.6 Å². The number of unbranched alkanes of at least 4 members (excludes halogenated alkanes) is 11. The van der Waals surface area contributed by atoms with Gasteiger partial charge in [0, 0.05) is 98.7 Å². The average Bonchev–Trinajstić information content (AvgIpc) is 1.08. The molecule has 0 N–H and O–H groups in total. The number of halogens is 2. The lowest BCUT2D eigenvalue weighted by Gasteiger charge is -2.30. The number of esters is 1. The largest absolute Gasteiger partial charge is 0.466 e. The van der Waals surface area contributed by atoms with Crippen molar-refractivity contribution in [2.75, 3.05) is 20.2 Å². The van der Waals surface area contributed by atoms with Crippen LogP contribution in [0, 0.1) is 58.1 Å². The fourth-order valence-corrected chi connectivity index (χ4v) is 21.8. The molecule has 5 aromatic heterocycles. The number of benzene rings is 7. The number of nitrogens with zero attached hydrogens (tertiary/aromatic N) is 5. The van der Waals surface area contributed by atoms with Gasteiger partial charge in [0.2, 0.25) is 0 Å². The van der Waals surface area contributed by atoms with Crippen molar-refractivity contribution >= 4 is 149 Å². The number of aryl methyl sites for hydroxylation is 9. The number of carbonyl (C=O) groups excluding carboxylic acids is 5. The van der Waals surface area contributed by atoms with Crippen molar-refractivity contribution in [2.24, 2.45) is 18.9 Å². The topological polar surface area (TPSA) is 132 Å². The van der Waals surface area contributed by atoms with Gasteiger partial charge in [-0.25, -0.2) is 8.78 Å². The Balaban J connectivity index is 0.542. The molecule has 0 saturated heterocycles. The third kappa shape index (κ3) is 13.5. The van der Waals surface area contributed by atoms with Crippen LogP contribution in [0.2, 0.25) is 0 Å². The molecule has 2 unspecified atom stereocenters. The summed E-state index contributed by atoms with van der Waals surface area (Å²) < 4.78 is 42.7. The molecule has 0 aliphatic carbocycles. The summed E-state index contributed by atoms with van der Waals surface area (Å²) in [6, 6.07) is 20.2. The van der Waals surface area contributed by atoms with Crippen LogP contribution in [-0.4, -0.2) is 74.6 Å². The van der Waals surface area contributed by atoms with Crippen molar-refractivity contribution in [2.45, 2.75) is 210 Å². The molecule has 542 valence electrons. The first-order valence-corrected chi connectivity index (χ1v) is 41.4. The molecule has 7 heterocycles. The highest BCUT2D eigenvalue weighted by Crippen LogP contribution is 2.52. The maximum Gasteiger partial charge on any atom is 0.305 e. The van der Waals surface area contributed by atoms with E-state index >= 15 is 8.78 Å². The van der Waals surface area contributed by atoms with E-state index in [-0.39, 0.29) is 40.7 Å². The van der Waals surface area contributed by atoms with E-state index in [1.165, 1.54) is 124 Å². The van der Waals surface area contributed by atoms with E-state index in [2.05, 4.69) is 60.6 Å². The Hall–Kier alpha value is -7.83. The molecule has 2 aliphatic rings. The number of fused-ring (bicyclic) bond motifs is 5. The SMILES string of the molecule is CCCCC(C)CCc1c2cc(-c3sc(-c4c(F)c(F)c(-c5cc(CCCCCCCCOC(=O)CCCCCCCN6C(=O)c7ccc8c9c(C)cc%10c%11c(ccc(c%12c(C)cc(c7c8%12)C6=O)c%119)C(=O)N(C)C%10=O)c(C)s5)c5nn(C)nc45)cc3C)sc2c(CCC(C)CCCC)c2cc(C)sc12. The van der Waals surface area contributed by atoms with Gasteiger partial charge in [0.1, 0.15) is 11.0 Å². The molecule has 2 atom stereocenters. The van der Waals surface area contributed by atoms with Crippen LogP contribution in [0.15, 0.2) is 60.7 Å². The molecular weight excluding hydrogens is 1380 g/mol. The van der Waals surface area contributed by atoms with Crippen molar-refractivity contribution in [1.29, 1.82) is 0 Å². The van der Waals surface area contributed by atoms with Crippen molar-refractivity contribution in [1.82, 2.24) is 24.8 Å². The molecule has 14 rings (SSSR count). The van der Waals surface area contributed by atoms with E-state index in [9.17, 15) is 24.0 Å². The van der Waals surface area contributed by atoms with Gasteiger partial charge in [-0.15, -0.1) is 45.3 Å². The van der Waals surface area contributed by atoms with Crippen molar-refractivity contribution in [3.05, 3.63) is 138 Å². The minimum Gasteiger partial charge on any atom is -0.466 e. The summed E-state index contributed by atoms with van der Waals surface area (Å²) in [5.41, 5.74) is 9.92. The Kier molecular flexibility index (Phi) is 21.5. The lowest BCUT2D eigenvalue weighted by molar-refractivity contribution is -0.143. The summed E-state index contributed by atoms with van der Waals surface area (Å²) in [7, 11) is 3.23. The molecule has 0 fully saturated rings. The summed E-state index contributed by atoms with van der Waals surface area (Å²) in [5.74, 6) is -1.96. The van der Waals surface area contributed by atoms with E-state index in [1.807, 2.05) is 79.0 Å². The van der Waals surface area contributed by atoms with Crippen LogP contribution >= 0.6 is 45.3 Å². The van der Waals surface area contributed by atoms with Crippen molar-refractivity contribution in [3.63, 3.8) is 0 Å². The van der Waals surface area contributed by atoms with Crippen LogP contribution in [0.3, 0.4) is 0 Å². The Morgan fingerprint density at radius 1 is 0.490 bits per heavy atom. The predicted molar refractivity (Wildman–Crippen MR) is 428 cm³/mol. The third-order valence-corrected chi connectivity index (χ3v) is 27.4. The van der Waals surface area contributed by atoms with Gasteiger partial charge in [-0.1, -0.05) is 123 Å². The molecule has 4 amide bonds. The lowest BCUT2D eigenvalue weighted by Crippen LogP contribution is -2.41. The molecular formula is C87H95F2N5O6S4. The fourth-order valence-electron chi connectivity index (χ4n) is 16.9. The Bertz CT molecular complexity index is 5320. The van der Waals surface area contributed by atoms with Gasteiger partial charge in [-0.3, -0.25) is 33.8 Å². The number of amides is 4. The Morgan fingerprint density at radius 2 is 1.01 bits per heavy atom. The average molecular weight is 1470 g/mol. The number of aromatic nitrogens is 3. The minimum atomic E-state index is -0.892. The molecule has 17 heteroatoms. The molecule has 0 spiro atoms. The monoisotopic (exact) mass is 1470 g/mol. The van der Waals surface area contributed by atoms with Gasteiger partial charge >= 0.3 is 5.97 Å². The van der Waals surface area contributed by atoms with E-state index < -0.39 is 11.6 Å². The van der Waals surface area contributed by atoms with Crippen molar-refractivity contribution < 1.29 is 37.5 Å². The predicted octanol–water partition coefficient (Wildman–Crippen LogP) is 24.2. The molecule has 104 heavy (non-hydrogen) atoms. The van der Waals surface area contributed by atoms with Crippen LogP contribution in [-0.2, 0) is 35.8 Å². The summed E-state index contributed by atoms with van der Waals surface area (Å²) in [6.45, 7) is 20.4. The first-order chi connectivity index (χ1) is 50.2. The maximum atomic E-state index is 17.2. The normalized spacial score (nSPS) is 14.0. The third-order valence-electron chi connectivity index (χ3n) is 22.5. The van der Waals surface area contributed by atoms with Crippen LogP contribution < -0.4 is 0 Å². The van der Waals surface area contributed by atoms with Gasteiger partial charge < -0.3 is 4.74 Å². The smallest absolute Gasteiger partial charge is 0.305 e. The van der Waals surface area contributed by atoms with E-state index in [1.54, 1.807) is 13.1 Å². The number of hydrogen-bond donors (Lipinski definition) is 0. The number of rotatable bonds is 32. The second-order valence-corrected chi connectivity index (χ2v) is 34.8. The molecule has 0 bridgehead atoms. The van der Waals surface area contributed by atoms with E-state index in [0.29, 0.717) is 98.1 Å². The van der Waals surface area contributed by atoms with Gasteiger partial charge in [0.05, 0.1) is 17.7 Å². The summed E-state index contributed by atoms with van der Waals surface area (Å²) in [4.78, 5) is 78.1. The molecule has 0 radical (unpaired) electrons. The summed E-state index contributed by atoms with van der Waals surface area (Å²) in [6.07, 6.45) is 22.7. The van der Waals surface area contributed by atoms with E-state index in [4.69, 9.17) is 14.9 Å². The fraction of sp³-hybridized carbons (Fsp3) is 0.437. The van der Waals surface area contributed by atoms with Gasteiger partial charge in [0.15, 0.2) is 11.6 Å². The van der Waals surface area contributed by atoms with Gasteiger partial charge in [-0.2, -0.15) is 15.0 Å².